The van der Waals surface area contributed by atoms with Crippen LogP contribution in [0.4, 0.5) is 0 Å². The van der Waals surface area contributed by atoms with Gasteiger partial charge >= 0.3 is 0 Å². The van der Waals surface area contributed by atoms with Crippen molar-refractivity contribution in [3.63, 3.8) is 0 Å². The SMILES string of the molecule is c1ccc(-c2ccc3c(-c4ccc5ccccc5c4)c4ccccc4c(-c4ccc(-c5ccc6c(c5)C(c5ccccc5)C(c5ccccc5)O6)cc4)c3c2)cc1. The Morgan fingerprint density at radius 2 is 0.807 bits per heavy atom. The zero-order chi connectivity index (χ0) is 37.7. The van der Waals surface area contributed by atoms with Gasteiger partial charge in [0.2, 0.25) is 0 Å². The van der Waals surface area contributed by atoms with E-state index >= 15 is 0 Å². The molecule has 0 spiro atoms. The van der Waals surface area contributed by atoms with Crippen LogP contribution in [0.5, 0.6) is 5.75 Å². The van der Waals surface area contributed by atoms with Gasteiger partial charge in [0.05, 0.1) is 5.92 Å². The standard InChI is InChI=1S/C56H38O/c1-4-14-37(15-5-1)44-30-32-49-50(35-44)53(47-22-12-13-23-48(47)54(49)46-29-26-38-16-10-11-21-43(38)34-46)41-27-24-39(25-28-41)45-31-33-52-51(36-45)55(40-17-6-2-7-18-40)56(57-52)42-19-8-3-9-20-42/h1-36,55-56H. The molecule has 2 unspecified atom stereocenters. The van der Waals surface area contributed by atoms with Gasteiger partial charge < -0.3 is 4.74 Å². The minimum absolute atomic E-state index is 0.0823. The topological polar surface area (TPSA) is 9.23 Å². The maximum atomic E-state index is 6.71. The van der Waals surface area contributed by atoms with Crippen molar-refractivity contribution in [1.29, 1.82) is 0 Å². The lowest BCUT2D eigenvalue weighted by molar-refractivity contribution is 0.222. The quantitative estimate of drug-likeness (QED) is 0.155. The van der Waals surface area contributed by atoms with Gasteiger partial charge in [0.1, 0.15) is 11.9 Å². The minimum atomic E-state index is -0.0823. The molecule has 268 valence electrons. The second kappa shape index (κ2) is 13.8. The second-order valence-corrected chi connectivity index (χ2v) is 15.2. The Morgan fingerprint density at radius 3 is 1.54 bits per heavy atom. The monoisotopic (exact) mass is 726 g/mol. The van der Waals surface area contributed by atoms with E-state index in [1.54, 1.807) is 0 Å². The Balaban J connectivity index is 1.06. The third-order valence-corrected chi connectivity index (χ3v) is 11.9. The molecule has 1 nitrogen and oxygen atoms in total. The molecule has 1 aliphatic heterocycles. The molecule has 0 aliphatic carbocycles. The van der Waals surface area contributed by atoms with Gasteiger partial charge in [-0.25, -0.2) is 0 Å². The number of hydrogen-bond acceptors (Lipinski definition) is 1. The third kappa shape index (κ3) is 5.79. The van der Waals surface area contributed by atoms with E-state index in [1.807, 2.05) is 0 Å². The maximum Gasteiger partial charge on any atom is 0.135 e. The fraction of sp³-hybridized carbons (Fsp3) is 0.0357. The van der Waals surface area contributed by atoms with Crippen molar-refractivity contribution in [3.05, 3.63) is 235 Å². The second-order valence-electron chi connectivity index (χ2n) is 15.2. The molecule has 0 fully saturated rings. The molecule has 0 aromatic heterocycles. The summed E-state index contributed by atoms with van der Waals surface area (Å²) in [4.78, 5) is 0. The summed E-state index contributed by atoms with van der Waals surface area (Å²) >= 11 is 0. The van der Waals surface area contributed by atoms with E-state index in [2.05, 4.69) is 218 Å². The summed E-state index contributed by atoms with van der Waals surface area (Å²) < 4.78 is 6.71. The molecule has 10 aromatic rings. The van der Waals surface area contributed by atoms with Gasteiger partial charge in [-0.1, -0.05) is 194 Å². The predicted octanol–water partition coefficient (Wildman–Crippen LogP) is 15.1. The van der Waals surface area contributed by atoms with Crippen LogP contribution >= 0.6 is 0 Å². The van der Waals surface area contributed by atoms with Crippen LogP contribution in [0.15, 0.2) is 218 Å². The molecule has 0 radical (unpaired) electrons. The van der Waals surface area contributed by atoms with Crippen LogP contribution in [0.1, 0.15) is 28.7 Å². The lowest BCUT2D eigenvalue weighted by atomic mass is 9.83. The van der Waals surface area contributed by atoms with Gasteiger partial charge in [0.25, 0.3) is 0 Å². The molecule has 0 saturated carbocycles. The molecule has 1 heterocycles. The molecule has 0 saturated heterocycles. The molecule has 1 heteroatoms. The van der Waals surface area contributed by atoms with Gasteiger partial charge in [0, 0.05) is 5.56 Å². The van der Waals surface area contributed by atoms with Crippen molar-refractivity contribution in [3.8, 4) is 50.3 Å². The van der Waals surface area contributed by atoms with E-state index in [4.69, 9.17) is 4.74 Å². The molecule has 1 aliphatic rings. The predicted molar refractivity (Wildman–Crippen MR) is 239 cm³/mol. The number of ether oxygens (including phenoxy) is 1. The highest BCUT2D eigenvalue weighted by Gasteiger charge is 2.36. The molecule has 10 aromatic carbocycles. The van der Waals surface area contributed by atoms with Gasteiger partial charge in [0.15, 0.2) is 0 Å². The average molecular weight is 727 g/mol. The average Bonchev–Trinajstić information content (AvgIpc) is 3.68. The zero-order valence-corrected chi connectivity index (χ0v) is 31.3. The van der Waals surface area contributed by atoms with E-state index < -0.39 is 0 Å². The van der Waals surface area contributed by atoms with Crippen LogP contribution < -0.4 is 4.74 Å². The molecule has 0 bridgehead atoms. The Bertz CT molecular complexity index is 3080. The first-order chi connectivity index (χ1) is 28.3. The van der Waals surface area contributed by atoms with Gasteiger partial charge in [-0.3, -0.25) is 0 Å². The zero-order valence-electron chi connectivity index (χ0n) is 31.3. The molecule has 2 atom stereocenters. The highest BCUT2D eigenvalue weighted by Crippen LogP contribution is 2.51. The van der Waals surface area contributed by atoms with Gasteiger partial charge in [-0.2, -0.15) is 0 Å². The smallest absolute Gasteiger partial charge is 0.135 e. The van der Waals surface area contributed by atoms with Crippen LogP contribution in [0.2, 0.25) is 0 Å². The van der Waals surface area contributed by atoms with E-state index in [0.717, 1.165) is 5.75 Å². The number of rotatable bonds is 6. The summed E-state index contributed by atoms with van der Waals surface area (Å²) in [5.74, 6) is 1.05. The fourth-order valence-corrected chi connectivity index (χ4v) is 9.15. The van der Waals surface area contributed by atoms with Crippen LogP contribution in [0, 0.1) is 0 Å². The number of fused-ring (bicyclic) bond motifs is 4. The van der Waals surface area contributed by atoms with Gasteiger partial charge in [-0.05, 0) is 112 Å². The van der Waals surface area contributed by atoms with Gasteiger partial charge in [-0.15, -0.1) is 0 Å². The molecule has 0 amide bonds. The van der Waals surface area contributed by atoms with Crippen molar-refractivity contribution < 1.29 is 4.74 Å². The van der Waals surface area contributed by atoms with Crippen LogP contribution in [-0.2, 0) is 0 Å². The summed E-state index contributed by atoms with van der Waals surface area (Å²) in [6, 6.07) is 79.6. The Morgan fingerprint density at radius 1 is 0.298 bits per heavy atom. The lowest BCUT2D eigenvalue weighted by Crippen LogP contribution is -2.11. The highest BCUT2D eigenvalue weighted by molar-refractivity contribution is 6.22. The van der Waals surface area contributed by atoms with Crippen molar-refractivity contribution in [2.24, 2.45) is 0 Å². The van der Waals surface area contributed by atoms with E-state index in [1.165, 1.54) is 93.5 Å². The fourth-order valence-electron chi connectivity index (χ4n) is 9.15. The number of hydrogen-bond donors (Lipinski definition) is 0. The van der Waals surface area contributed by atoms with Crippen molar-refractivity contribution in [2.75, 3.05) is 0 Å². The number of benzene rings is 10. The first kappa shape index (κ1) is 33.1. The summed E-state index contributed by atoms with van der Waals surface area (Å²) in [5, 5.41) is 7.50. The van der Waals surface area contributed by atoms with E-state index in [0.29, 0.717) is 0 Å². The molecular formula is C56H38O. The summed E-state index contributed by atoms with van der Waals surface area (Å²) in [7, 11) is 0. The third-order valence-electron chi connectivity index (χ3n) is 11.9. The van der Waals surface area contributed by atoms with Crippen LogP contribution in [0.25, 0.3) is 76.8 Å². The highest BCUT2D eigenvalue weighted by atomic mass is 16.5. The Kier molecular flexibility index (Phi) is 8.03. The van der Waals surface area contributed by atoms with E-state index in [-0.39, 0.29) is 12.0 Å². The van der Waals surface area contributed by atoms with Crippen molar-refractivity contribution in [2.45, 2.75) is 12.0 Å². The van der Waals surface area contributed by atoms with Crippen LogP contribution in [0.3, 0.4) is 0 Å². The normalized spacial score (nSPS) is 14.8. The summed E-state index contributed by atoms with van der Waals surface area (Å²) in [6.45, 7) is 0. The van der Waals surface area contributed by atoms with Crippen LogP contribution in [-0.4, -0.2) is 0 Å². The first-order valence-corrected chi connectivity index (χ1v) is 19.8. The summed E-state index contributed by atoms with van der Waals surface area (Å²) in [5.41, 5.74) is 13.4. The molecule has 57 heavy (non-hydrogen) atoms. The molecular weight excluding hydrogens is 689 g/mol. The Hall–Kier alpha value is -7.22. The Labute approximate surface area is 333 Å². The van der Waals surface area contributed by atoms with E-state index in [9.17, 15) is 0 Å². The summed E-state index contributed by atoms with van der Waals surface area (Å²) in [6.07, 6.45) is -0.0823. The lowest BCUT2D eigenvalue weighted by Gasteiger charge is -2.20. The van der Waals surface area contributed by atoms with Crippen molar-refractivity contribution >= 4 is 32.3 Å². The molecule has 11 rings (SSSR count). The minimum Gasteiger partial charge on any atom is -0.484 e. The largest absolute Gasteiger partial charge is 0.484 e. The van der Waals surface area contributed by atoms with Crippen molar-refractivity contribution in [1.82, 2.24) is 0 Å². The first-order valence-electron chi connectivity index (χ1n) is 19.8. The molecule has 0 N–H and O–H groups in total. The maximum absolute atomic E-state index is 6.71.